The topological polar surface area (TPSA) is 57.6 Å². The average Bonchev–Trinajstić information content (AvgIpc) is 2.70. The average molecular weight is 374 g/mol. The normalized spacial score (nSPS) is 11.1. The molecule has 0 atom stereocenters. The van der Waals surface area contributed by atoms with Gasteiger partial charge in [0.05, 0.1) is 23.0 Å². The van der Waals surface area contributed by atoms with Gasteiger partial charge in [0, 0.05) is 24.2 Å². The van der Waals surface area contributed by atoms with Crippen LogP contribution in [0, 0.1) is 13.8 Å². The molecule has 2 aromatic carbocycles. The Hall–Kier alpha value is -3.21. The van der Waals surface area contributed by atoms with Crippen molar-refractivity contribution >= 4 is 28.7 Å². The lowest BCUT2D eigenvalue weighted by Crippen LogP contribution is -2.21. The van der Waals surface area contributed by atoms with Gasteiger partial charge in [-0.1, -0.05) is 30.3 Å². The fourth-order valence-electron chi connectivity index (χ4n) is 3.25. The summed E-state index contributed by atoms with van der Waals surface area (Å²) >= 11 is 0. The number of fused-ring (bicyclic) bond motifs is 1. The molecule has 0 spiro atoms. The van der Waals surface area contributed by atoms with Gasteiger partial charge in [-0.25, -0.2) is 5.43 Å². The van der Waals surface area contributed by atoms with Crippen LogP contribution in [0.1, 0.15) is 41.0 Å². The Morgan fingerprint density at radius 3 is 2.50 bits per heavy atom. The van der Waals surface area contributed by atoms with Gasteiger partial charge in [-0.3, -0.25) is 9.78 Å². The van der Waals surface area contributed by atoms with Crippen LogP contribution in [0.4, 0.5) is 5.69 Å². The number of benzene rings is 2. The number of carbonyl (C=O) groups is 1. The smallest absolute Gasteiger partial charge is 0.273 e. The van der Waals surface area contributed by atoms with Gasteiger partial charge in [0.1, 0.15) is 0 Å². The molecule has 3 aromatic rings. The molecule has 0 unspecified atom stereocenters. The Balaban J connectivity index is 1.71. The van der Waals surface area contributed by atoms with E-state index in [1.54, 1.807) is 6.21 Å². The van der Waals surface area contributed by atoms with E-state index in [0.29, 0.717) is 11.3 Å². The van der Waals surface area contributed by atoms with Crippen molar-refractivity contribution in [1.29, 1.82) is 0 Å². The lowest BCUT2D eigenvalue weighted by atomic mass is 10.1. The monoisotopic (exact) mass is 374 g/mol. The van der Waals surface area contributed by atoms with E-state index >= 15 is 0 Å². The SMILES string of the molecule is CCN(CC)c1ccc(/C=N\NC(=O)c2cc3cccc(C)c3nc2C)cc1. The van der Waals surface area contributed by atoms with Crippen molar-refractivity contribution in [2.24, 2.45) is 5.10 Å². The standard InChI is InChI=1S/C23H26N4O/c1-5-27(6-2)20-12-10-18(11-13-20)15-24-26-23(28)21-14-19-9-7-8-16(3)22(19)25-17(21)4/h7-15H,5-6H2,1-4H3,(H,26,28)/b24-15-. The summed E-state index contributed by atoms with van der Waals surface area (Å²) in [7, 11) is 0. The van der Waals surface area contributed by atoms with Crippen LogP contribution in [0.3, 0.4) is 0 Å². The molecule has 0 fully saturated rings. The third-order valence-electron chi connectivity index (χ3n) is 4.88. The summed E-state index contributed by atoms with van der Waals surface area (Å²) in [6, 6.07) is 15.9. The molecule has 0 saturated carbocycles. The van der Waals surface area contributed by atoms with Crippen molar-refractivity contribution in [1.82, 2.24) is 10.4 Å². The highest BCUT2D eigenvalue weighted by molar-refractivity contribution is 5.99. The number of nitrogens with zero attached hydrogens (tertiary/aromatic N) is 3. The van der Waals surface area contributed by atoms with Gasteiger partial charge >= 0.3 is 0 Å². The first kappa shape index (κ1) is 19.5. The quantitative estimate of drug-likeness (QED) is 0.512. The fraction of sp³-hybridized carbons (Fsp3) is 0.261. The molecule has 0 bridgehead atoms. The zero-order chi connectivity index (χ0) is 20.1. The van der Waals surface area contributed by atoms with Gasteiger partial charge in [-0.15, -0.1) is 0 Å². The maximum Gasteiger partial charge on any atom is 0.273 e. The molecule has 5 heteroatoms. The van der Waals surface area contributed by atoms with E-state index in [9.17, 15) is 4.79 Å². The molecule has 0 saturated heterocycles. The van der Waals surface area contributed by atoms with E-state index in [2.05, 4.69) is 46.4 Å². The van der Waals surface area contributed by atoms with E-state index in [1.807, 2.05) is 50.2 Å². The van der Waals surface area contributed by atoms with Crippen molar-refractivity contribution in [2.45, 2.75) is 27.7 Å². The van der Waals surface area contributed by atoms with Crippen molar-refractivity contribution in [3.63, 3.8) is 0 Å². The van der Waals surface area contributed by atoms with Crippen molar-refractivity contribution < 1.29 is 4.79 Å². The van der Waals surface area contributed by atoms with Crippen LogP contribution in [0.5, 0.6) is 0 Å². The number of para-hydroxylation sites is 1. The number of nitrogens with one attached hydrogen (secondary N) is 1. The summed E-state index contributed by atoms with van der Waals surface area (Å²) in [5, 5.41) is 5.06. The highest BCUT2D eigenvalue weighted by Gasteiger charge is 2.11. The second kappa shape index (κ2) is 8.65. The summed E-state index contributed by atoms with van der Waals surface area (Å²) in [5.41, 5.74) is 7.97. The molecule has 5 nitrogen and oxygen atoms in total. The molecule has 0 radical (unpaired) electrons. The molecule has 28 heavy (non-hydrogen) atoms. The van der Waals surface area contributed by atoms with E-state index < -0.39 is 0 Å². The van der Waals surface area contributed by atoms with Crippen LogP contribution in [0.25, 0.3) is 10.9 Å². The van der Waals surface area contributed by atoms with E-state index in [0.717, 1.165) is 35.1 Å². The maximum absolute atomic E-state index is 12.5. The summed E-state index contributed by atoms with van der Waals surface area (Å²) in [6.07, 6.45) is 1.65. The number of carbonyl (C=O) groups excluding carboxylic acids is 1. The number of hydrogen-bond acceptors (Lipinski definition) is 4. The minimum absolute atomic E-state index is 0.260. The van der Waals surface area contributed by atoms with Crippen LogP contribution in [-0.4, -0.2) is 30.2 Å². The number of hydrazone groups is 1. The first-order valence-corrected chi connectivity index (χ1v) is 9.58. The third-order valence-corrected chi connectivity index (χ3v) is 4.88. The van der Waals surface area contributed by atoms with E-state index in [-0.39, 0.29) is 5.91 Å². The molecule has 0 aliphatic rings. The highest BCUT2D eigenvalue weighted by atomic mass is 16.2. The van der Waals surface area contributed by atoms with Gasteiger partial charge in [0.2, 0.25) is 0 Å². The van der Waals surface area contributed by atoms with Gasteiger partial charge in [-0.05, 0) is 57.0 Å². The van der Waals surface area contributed by atoms with E-state index in [4.69, 9.17) is 0 Å². The molecule has 1 heterocycles. The number of aromatic nitrogens is 1. The summed E-state index contributed by atoms with van der Waals surface area (Å²) in [5.74, 6) is -0.260. The van der Waals surface area contributed by atoms with Gasteiger partial charge in [0.15, 0.2) is 0 Å². The molecular weight excluding hydrogens is 348 g/mol. The summed E-state index contributed by atoms with van der Waals surface area (Å²) in [6.45, 7) is 10.1. The number of rotatable bonds is 6. The highest BCUT2D eigenvalue weighted by Crippen LogP contribution is 2.19. The predicted octanol–water partition coefficient (Wildman–Crippen LogP) is 4.46. The molecule has 0 aliphatic heterocycles. The van der Waals surface area contributed by atoms with Crippen molar-refractivity contribution in [3.8, 4) is 0 Å². The predicted molar refractivity (Wildman–Crippen MR) is 116 cm³/mol. The molecule has 1 aromatic heterocycles. The molecule has 1 amide bonds. The van der Waals surface area contributed by atoms with Crippen LogP contribution < -0.4 is 10.3 Å². The zero-order valence-corrected chi connectivity index (χ0v) is 16.9. The Morgan fingerprint density at radius 2 is 1.82 bits per heavy atom. The number of pyridine rings is 1. The molecule has 144 valence electrons. The first-order chi connectivity index (χ1) is 13.5. The summed E-state index contributed by atoms with van der Waals surface area (Å²) < 4.78 is 0. The van der Waals surface area contributed by atoms with Crippen LogP contribution in [0.2, 0.25) is 0 Å². The lowest BCUT2D eigenvalue weighted by Gasteiger charge is -2.20. The Morgan fingerprint density at radius 1 is 1.11 bits per heavy atom. The van der Waals surface area contributed by atoms with E-state index in [1.165, 1.54) is 5.69 Å². The number of anilines is 1. The molecule has 1 N–H and O–H groups in total. The third kappa shape index (κ3) is 4.19. The van der Waals surface area contributed by atoms with Crippen LogP contribution in [0.15, 0.2) is 53.6 Å². The van der Waals surface area contributed by atoms with Crippen LogP contribution >= 0.6 is 0 Å². The van der Waals surface area contributed by atoms with Gasteiger partial charge in [-0.2, -0.15) is 5.10 Å². The fourth-order valence-corrected chi connectivity index (χ4v) is 3.25. The first-order valence-electron chi connectivity index (χ1n) is 9.58. The largest absolute Gasteiger partial charge is 0.372 e. The number of amides is 1. The maximum atomic E-state index is 12.5. The van der Waals surface area contributed by atoms with Crippen molar-refractivity contribution in [2.75, 3.05) is 18.0 Å². The summed E-state index contributed by atoms with van der Waals surface area (Å²) in [4.78, 5) is 19.4. The Bertz CT molecular complexity index is 1010. The number of hydrogen-bond donors (Lipinski definition) is 1. The minimum atomic E-state index is -0.260. The van der Waals surface area contributed by atoms with Crippen LogP contribution in [-0.2, 0) is 0 Å². The second-order valence-electron chi connectivity index (χ2n) is 6.73. The Kier molecular flexibility index (Phi) is 6.04. The second-order valence-corrected chi connectivity index (χ2v) is 6.73. The van der Waals surface area contributed by atoms with Gasteiger partial charge in [0.25, 0.3) is 5.91 Å². The lowest BCUT2D eigenvalue weighted by molar-refractivity contribution is 0.0954. The van der Waals surface area contributed by atoms with Crippen molar-refractivity contribution in [3.05, 3.63) is 70.9 Å². The minimum Gasteiger partial charge on any atom is -0.372 e. The molecular formula is C23H26N4O. The molecule has 0 aliphatic carbocycles. The Labute approximate surface area is 166 Å². The zero-order valence-electron chi connectivity index (χ0n) is 16.9. The molecule has 3 rings (SSSR count). The van der Waals surface area contributed by atoms with Gasteiger partial charge < -0.3 is 4.90 Å². The number of aryl methyl sites for hydroxylation is 2.